The van der Waals surface area contributed by atoms with Crippen LogP contribution in [0.3, 0.4) is 0 Å². The van der Waals surface area contributed by atoms with Gasteiger partial charge in [0, 0.05) is 17.5 Å². The maximum Gasteiger partial charge on any atom is 0.183 e. The van der Waals surface area contributed by atoms with Crippen LogP contribution in [-0.4, -0.2) is 23.6 Å². The van der Waals surface area contributed by atoms with Crippen molar-refractivity contribution in [2.24, 2.45) is 0 Å². The third kappa shape index (κ3) is 1.15. The van der Waals surface area contributed by atoms with Gasteiger partial charge in [0.15, 0.2) is 9.84 Å². The minimum atomic E-state index is -3.14. The summed E-state index contributed by atoms with van der Waals surface area (Å²) in [6.07, 6.45) is 0.520. The minimum Gasteiger partial charge on any atom is -0.344 e. The molecule has 0 amide bonds. The number of hydrogen-bond donors (Lipinski definition) is 1. The van der Waals surface area contributed by atoms with E-state index < -0.39 is 9.84 Å². The lowest BCUT2D eigenvalue weighted by atomic mass is 10.2. The van der Waals surface area contributed by atoms with Crippen LogP contribution in [0.2, 0.25) is 0 Å². The molecule has 0 aromatic carbocycles. The van der Waals surface area contributed by atoms with Crippen LogP contribution in [0.25, 0.3) is 11.0 Å². The molecular weight excluding hydrogens is 224 g/mol. The van der Waals surface area contributed by atoms with Gasteiger partial charge in [0.2, 0.25) is 0 Å². The van der Waals surface area contributed by atoms with Crippen LogP contribution in [0.4, 0.5) is 0 Å². The zero-order chi connectivity index (χ0) is 11.5. The normalized spacial score (nSPS) is 22.5. The van der Waals surface area contributed by atoms with E-state index in [1.54, 1.807) is 13.0 Å². The van der Waals surface area contributed by atoms with Crippen LogP contribution in [0, 0.1) is 6.92 Å². The van der Waals surface area contributed by atoms with Gasteiger partial charge >= 0.3 is 0 Å². The van der Waals surface area contributed by atoms with E-state index in [1.165, 1.54) is 0 Å². The van der Waals surface area contributed by atoms with Crippen molar-refractivity contribution in [3.05, 3.63) is 23.5 Å². The molecule has 0 fully saturated rings. The number of nitrogens with one attached hydrogen (secondary N) is 1. The lowest BCUT2D eigenvalue weighted by molar-refractivity contribution is 0.590. The zero-order valence-electron chi connectivity index (χ0n) is 9.11. The van der Waals surface area contributed by atoms with Gasteiger partial charge in [-0.2, -0.15) is 0 Å². The van der Waals surface area contributed by atoms with E-state index in [2.05, 4.69) is 9.97 Å². The summed E-state index contributed by atoms with van der Waals surface area (Å²) >= 11 is 0. The molecule has 0 saturated carbocycles. The van der Waals surface area contributed by atoms with Crippen molar-refractivity contribution in [3.8, 4) is 0 Å². The minimum absolute atomic E-state index is 0.345. The Bertz CT molecular complexity index is 685. The Morgan fingerprint density at radius 1 is 1.44 bits per heavy atom. The number of aromatic amines is 1. The molecule has 0 spiro atoms. The van der Waals surface area contributed by atoms with E-state index in [9.17, 15) is 8.42 Å². The number of nitrogens with zero attached hydrogens (tertiary/aromatic N) is 1. The predicted octanol–water partition coefficient (Wildman–Crippen LogP) is 1.59. The van der Waals surface area contributed by atoms with Crippen LogP contribution in [0.1, 0.15) is 18.3 Å². The predicted molar refractivity (Wildman–Crippen MR) is 61.2 cm³/mol. The highest BCUT2D eigenvalue weighted by atomic mass is 32.2. The third-order valence-electron chi connectivity index (χ3n) is 3.10. The fourth-order valence-electron chi connectivity index (χ4n) is 2.21. The molecule has 1 aliphatic rings. The van der Waals surface area contributed by atoms with Crippen LogP contribution < -0.4 is 0 Å². The molecule has 2 aromatic heterocycles. The van der Waals surface area contributed by atoms with Gasteiger partial charge in [0.05, 0.1) is 15.8 Å². The van der Waals surface area contributed by atoms with Crippen molar-refractivity contribution in [2.45, 2.75) is 30.4 Å². The number of rotatable bonds is 0. The van der Waals surface area contributed by atoms with Gasteiger partial charge < -0.3 is 4.98 Å². The highest BCUT2D eigenvalue weighted by Crippen LogP contribution is 2.32. The Morgan fingerprint density at radius 3 is 2.94 bits per heavy atom. The summed E-state index contributed by atoms with van der Waals surface area (Å²) in [5.74, 6) is 0. The Balaban J connectivity index is 2.38. The first kappa shape index (κ1) is 9.84. The quantitative estimate of drug-likeness (QED) is 0.755. The molecule has 0 aliphatic carbocycles. The molecule has 0 saturated heterocycles. The summed E-state index contributed by atoms with van der Waals surface area (Å²) in [5.41, 5.74) is 2.47. The Morgan fingerprint density at radius 2 is 2.19 bits per heavy atom. The maximum absolute atomic E-state index is 12.0. The van der Waals surface area contributed by atoms with Crippen molar-refractivity contribution in [2.75, 3.05) is 0 Å². The van der Waals surface area contributed by atoms with Gasteiger partial charge in [-0.25, -0.2) is 13.4 Å². The summed E-state index contributed by atoms with van der Waals surface area (Å²) in [6, 6.07) is 3.65. The zero-order valence-corrected chi connectivity index (χ0v) is 9.93. The molecule has 3 rings (SSSR count). The monoisotopic (exact) mass is 236 g/mol. The van der Waals surface area contributed by atoms with Crippen LogP contribution in [0.5, 0.6) is 0 Å². The van der Waals surface area contributed by atoms with E-state index in [0.717, 1.165) is 16.7 Å². The van der Waals surface area contributed by atoms with E-state index in [0.29, 0.717) is 17.0 Å². The van der Waals surface area contributed by atoms with Crippen molar-refractivity contribution in [1.82, 2.24) is 9.97 Å². The Labute approximate surface area is 93.6 Å². The lowest BCUT2D eigenvalue weighted by Gasteiger charge is -1.99. The average Bonchev–Trinajstić information content (AvgIpc) is 2.63. The Kier molecular flexibility index (Phi) is 1.75. The summed E-state index contributed by atoms with van der Waals surface area (Å²) in [5, 5.41) is 0.525. The first-order chi connectivity index (χ1) is 7.48. The van der Waals surface area contributed by atoms with Crippen molar-refractivity contribution in [1.29, 1.82) is 0 Å². The molecule has 1 unspecified atom stereocenters. The second-order valence-electron chi connectivity index (χ2n) is 4.38. The number of aromatic nitrogens is 2. The van der Waals surface area contributed by atoms with Gasteiger partial charge in [0.25, 0.3) is 0 Å². The highest BCUT2D eigenvalue weighted by molar-refractivity contribution is 7.92. The summed E-state index contributed by atoms with van der Waals surface area (Å²) in [7, 11) is -3.14. The SMILES string of the molecule is Cc1cc2cc3c(nc2[nH]1)CC(C)S3(=O)=O. The smallest absolute Gasteiger partial charge is 0.183 e. The first-order valence-corrected chi connectivity index (χ1v) is 6.76. The number of aryl methyl sites for hydroxylation is 1. The molecule has 4 nitrogen and oxygen atoms in total. The van der Waals surface area contributed by atoms with Gasteiger partial charge in [-0.3, -0.25) is 0 Å². The van der Waals surface area contributed by atoms with Crippen LogP contribution >= 0.6 is 0 Å². The van der Waals surface area contributed by atoms with E-state index in [4.69, 9.17) is 0 Å². The summed E-state index contributed by atoms with van der Waals surface area (Å²) in [4.78, 5) is 7.92. The molecule has 1 N–H and O–H groups in total. The molecule has 84 valence electrons. The molecule has 2 aromatic rings. The van der Waals surface area contributed by atoms with E-state index in [-0.39, 0.29) is 5.25 Å². The number of fused-ring (bicyclic) bond motifs is 2. The topological polar surface area (TPSA) is 62.8 Å². The summed E-state index contributed by atoms with van der Waals surface area (Å²) in [6.45, 7) is 3.67. The van der Waals surface area contributed by atoms with Crippen molar-refractivity contribution < 1.29 is 8.42 Å². The van der Waals surface area contributed by atoms with Gasteiger partial charge in [-0.15, -0.1) is 0 Å². The number of sulfone groups is 1. The summed E-state index contributed by atoms with van der Waals surface area (Å²) < 4.78 is 24.0. The first-order valence-electron chi connectivity index (χ1n) is 5.21. The molecule has 0 bridgehead atoms. The molecule has 3 heterocycles. The molecular formula is C11H12N2O2S. The van der Waals surface area contributed by atoms with Crippen molar-refractivity contribution in [3.63, 3.8) is 0 Å². The van der Waals surface area contributed by atoms with Crippen LogP contribution in [0.15, 0.2) is 17.0 Å². The average molecular weight is 236 g/mol. The second kappa shape index (κ2) is 2.85. The third-order valence-corrected chi connectivity index (χ3v) is 5.29. The van der Waals surface area contributed by atoms with E-state index in [1.807, 2.05) is 13.0 Å². The van der Waals surface area contributed by atoms with Crippen LogP contribution in [-0.2, 0) is 16.3 Å². The number of pyridine rings is 1. The van der Waals surface area contributed by atoms with Gasteiger partial charge in [-0.05, 0) is 26.0 Å². The van der Waals surface area contributed by atoms with Crippen molar-refractivity contribution >= 4 is 20.9 Å². The highest BCUT2D eigenvalue weighted by Gasteiger charge is 2.35. The van der Waals surface area contributed by atoms with Gasteiger partial charge in [0.1, 0.15) is 5.65 Å². The fraction of sp³-hybridized carbons (Fsp3) is 0.364. The molecule has 1 aliphatic heterocycles. The Hall–Kier alpha value is -1.36. The largest absolute Gasteiger partial charge is 0.344 e. The number of hydrogen-bond acceptors (Lipinski definition) is 3. The molecule has 16 heavy (non-hydrogen) atoms. The molecule has 5 heteroatoms. The maximum atomic E-state index is 12.0. The van der Waals surface area contributed by atoms with Gasteiger partial charge in [-0.1, -0.05) is 0 Å². The molecule has 0 radical (unpaired) electrons. The fourth-order valence-corrected chi connectivity index (χ4v) is 3.76. The van der Waals surface area contributed by atoms with E-state index >= 15 is 0 Å². The lowest BCUT2D eigenvalue weighted by Crippen LogP contribution is -2.11. The molecule has 1 atom stereocenters. The second-order valence-corrected chi connectivity index (χ2v) is 6.72. The number of H-pyrrole nitrogens is 1. The standard InChI is InChI=1S/C11H12N2O2S/c1-6-3-8-5-10-9(13-11(8)12-6)4-7(2)16(10,14)15/h3,5,7H,4H2,1-2H3,(H,12,13).